The average molecular weight is 367 g/mol. The van der Waals surface area contributed by atoms with Crippen LogP contribution in [-0.2, 0) is 19.9 Å². The molecule has 0 radical (unpaired) electrons. The first-order chi connectivity index (χ1) is 12.7. The van der Waals surface area contributed by atoms with Crippen molar-refractivity contribution < 1.29 is 19.1 Å². The Kier molecular flexibility index (Phi) is 5.07. The van der Waals surface area contributed by atoms with Gasteiger partial charge in [-0.15, -0.1) is 0 Å². The molecule has 5 heteroatoms. The summed E-state index contributed by atoms with van der Waals surface area (Å²) in [5.41, 5.74) is 0.0672. The van der Waals surface area contributed by atoms with Gasteiger partial charge in [0.15, 0.2) is 6.23 Å². The molecule has 1 aliphatic rings. The van der Waals surface area contributed by atoms with Crippen LogP contribution in [0.1, 0.15) is 51.5 Å². The third-order valence-electron chi connectivity index (χ3n) is 4.42. The Balaban J connectivity index is 2.00. The summed E-state index contributed by atoms with van der Waals surface area (Å²) in [4.78, 5) is 26.9. The third-order valence-corrected chi connectivity index (χ3v) is 4.42. The van der Waals surface area contributed by atoms with Crippen LogP contribution in [0.4, 0.5) is 4.79 Å². The van der Waals surface area contributed by atoms with Crippen molar-refractivity contribution >= 4 is 12.0 Å². The lowest BCUT2D eigenvalue weighted by Crippen LogP contribution is -2.52. The van der Waals surface area contributed by atoms with Crippen LogP contribution in [0, 0.1) is 0 Å². The van der Waals surface area contributed by atoms with Crippen LogP contribution in [0.2, 0.25) is 0 Å². The average Bonchev–Trinajstić information content (AvgIpc) is 2.61. The maximum absolute atomic E-state index is 13.0. The smallest absolute Gasteiger partial charge is 0.419 e. The fourth-order valence-electron chi connectivity index (χ4n) is 3.15. The highest BCUT2D eigenvalue weighted by molar-refractivity contribution is 5.93. The molecule has 2 amide bonds. The van der Waals surface area contributed by atoms with Gasteiger partial charge in [0.25, 0.3) is 0 Å². The maximum Gasteiger partial charge on any atom is 0.419 e. The van der Waals surface area contributed by atoms with E-state index in [4.69, 9.17) is 9.47 Å². The molecule has 2 atom stereocenters. The molecule has 0 spiro atoms. The molecule has 0 saturated carbocycles. The summed E-state index contributed by atoms with van der Waals surface area (Å²) in [5.74, 6) is -0.323. The molecular formula is C22H25NO4. The molecule has 1 fully saturated rings. The largest absolute Gasteiger partial charge is 0.443 e. The summed E-state index contributed by atoms with van der Waals surface area (Å²) in [6.45, 7) is 7.19. The molecule has 1 aliphatic heterocycles. The van der Waals surface area contributed by atoms with Gasteiger partial charge in [-0.1, -0.05) is 60.7 Å². The monoisotopic (exact) mass is 367 g/mol. The van der Waals surface area contributed by atoms with Crippen molar-refractivity contribution in [2.24, 2.45) is 0 Å². The Morgan fingerprint density at radius 3 is 2.19 bits per heavy atom. The van der Waals surface area contributed by atoms with E-state index in [1.807, 2.05) is 67.6 Å². The Bertz CT molecular complexity index is 813. The zero-order valence-electron chi connectivity index (χ0n) is 16.1. The number of imide groups is 1. The van der Waals surface area contributed by atoms with E-state index in [1.54, 1.807) is 20.8 Å². The minimum Gasteiger partial charge on any atom is -0.443 e. The molecule has 0 N–H and O–H groups in total. The number of nitrogens with zero attached hydrogens (tertiary/aromatic N) is 1. The van der Waals surface area contributed by atoms with Gasteiger partial charge >= 0.3 is 6.09 Å². The van der Waals surface area contributed by atoms with E-state index >= 15 is 0 Å². The van der Waals surface area contributed by atoms with Gasteiger partial charge in [-0.05, 0) is 33.3 Å². The lowest BCUT2D eigenvalue weighted by molar-refractivity contribution is -0.199. The van der Waals surface area contributed by atoms with Gasteiger partial charge < -0.3 is 9.47 Å². The van der Waals surface area contributed by atoms with Crippen LogP contribution in [-0.4, -0.2) is 22.5 Å². The van der Waals surface area contributed by atoms with E-state index in [9.17, 15) is 9.59 Å². The second kappa shape index (κ2) is 7.16. The van der Waals surface area contributed by atoms with Gasteiger partial charge in [-0.3, -0.25) is 4.79 Å². The van der Waals surface area contributed by atoms with Crippen LogP contribution in [0.3, 0.4) is 0 Å². The van der Waals surface area contributed by atoms with Gasteiger partial charge in [-0.25, -0.2) is 9.69 Å². The van der Waals surface area contributed by atoms with E-state index in [2.05, 4.69) is 0 Å². The molecule has 27 heavy (non-hydrogen) atoms. The van der Waals surface area contributed by atoms with Gasteiger partial charge in [0.05, 0.1) is 6.42 Å². The van der Waals surface area contributed by atoms with E-state index < -0.39 is 23.5 Å². The number of carbonyl (C=O) groups is 2. The number of ether oxygens (including phenoxy) is 2. The molecule has 3 rings (SSSR count). The number of carbonyl (C=O) groups excluding carboxylic acids is 2. The van der Waals surface area contributed by atoms with Crippen molar-refractivity contribution in [2.75, 3.05) is 0 Å². The van der Waals surface area contributed by atoms with Gasteiger partial charge in [0.1, 0.15) is 11.2 Å². The Labute approximate surface area is 159 Å². The lowest BCUT2D eigenvalue weighted by atomic mass is 9.89. The van der Waals surface area contributed by atoms with Crippen molar-refractivity contribution in [3.05, 3.63) is 71.8 Å². The number of benzene rings is 2. The summed E-state index contributed by atoms with van der Waals surface area (Å²) < 4.78 is 11.8. The predicted molar refractivity (Wildman–Crippen MR) is 102 cm³/mol. The molecule has 2 aromatic rings. The molecule has 1 unspecified atom stereocenters. The van der Waals surface area contributed by atoms with Crippen molar-refractivity contribution in [2.45, 2.75) is 51.5 Å². The summed E-state index contributed by atoms with van der Waals surface area (Å²) in [6, 6.07) is 18.9. The Morgan fingerprint density at radius 1 is 1.07 bits per heavy atom. The number of hydrogen-bond donors (Lipinski definition) is 0. The second-order valence-electron chi connectivity index (χ2n) is 7.90. The van der Waals surface area contributed by atoms with E-state index in [-0.39, 0.29) is 12.3 Å². The fourth-order valence-corrected chi connectivity index (χ4v) is 3.15. The van der Waals surface area contributed by atoms with Crippen molar-refractivity contribution in [3.8, 4) is 0 Å². The SMILES string of the molecule is CC(C)(C)OC(=O)N1C(=O)CC(C)(c2ccccc2)O[C@@H]1c1ccccc1. The zero-order valence-corrected chi connectivity index (χ0v) is 16.1. The van der Waals surface area contributed by atoms with E-state index in [1.165, 1.54) is 0 Å². The molecule has 1 saturated heterocycles. The van der Waals surface area contributed by atoms with Crippen molar-refractivity contribution in [1.29, 1.82) is 0 Å². The molecule has 0 bridgehead atoms. The van der Waals surface area contributed by atoms with Crippen molar-refractivity contribution in [3.63, 3.8) is 0 Å². The Hall–Kier alpha value is -2.66. The molecule has 5 nitrogen and oxygen atoms in total. The lowest BCUT2D eigenvalue weighted by Gasteiger charge is -2.44. The highest BCUT2D eigenvalue weighted by Crippen LogP contribution is 2.42. The second-order valence-corrected chi connectivity index (χ2v) is 7.90. The molecular weight excluding hydrogens is 342 g/mol. The van der Waals surface area contributed by atoms with Crippen LogP contribution in [0.15, 0.2) is 60.7 Å². The number of amides is 2. The van der Waals surface area contributed by atoms with Crippen LogP contribution in [0.5, 0.6) is 0 Å². The first-order valence-corrected chi connectivity index (χ1v) is 9.03. The van der Waals surface area contributed by atoms with Crippen LogP contribution >= 0.6 is 0 Å². The molecule has 2 aromatic carbocycles. The summed E-state index contributed by atoms with van der Waals surface area (Å²) in [5, 5.41) is 0. The molecule has 142 valence electrons. The normalized spacial score (nSPS) is 23.2. The molecule has 0 aliphatic carbocycles. The fraction of sp³-hybridized carbons (Fsp3) is 0.364. The van der Waals surface area contributed by atoms with Crippen molar-refractivity contribution in [1.82, 2.24) is 4.90 Å². The quantitative estimate of drug-likeness (QED) is 0.766. The van der Waals surface area contributed by atoms with Crippen LogP contribution < -0.4 is 0 Å². The van der Waals surface area contributed by atoms with E-state index in [0.29, 0.717) is 0 Å². The number of rotatable bonds is 2. The summed E-state index contributed by atoms with van der Waals surface area (Å²) >= 11 is 0. The molecule has 0 aromatic heterocycles. The summed E-state index contributed by atoms with van der Waals surface area (Å²) in [7, 11) is 0. The first-order valence-electron chi connectivity index (χ1n) is 9.03. The standard InChI is InChI=1S/C22H25NO4/c1-21(2,3)27-20(25)23-18(24)15-22(4,17-13-9-6-10-14-17)26-19(23)16-11-7-5-8-12-16/h5-14,19H,15H2,1-4H3/t19-,22?/m1/s1. The summed E-state index contributed by atoms with van der Waals surface area (Å²) in [6.07, 6.45) is -1.50. The Morgan fingerprint density at radius 2 is 1.63 bits per heavy atom. The first kappa shape index (κ1) is 19.1. The minimum absolute atomic E-state index is 0.0551. The van der Waals surface area contributed by atoms with Crippen LogP contribution in [0.25, 0.3) is 0 Å². The number of hydrogen-bond acceptors (Lipinski definition) is 4. The molecule has 1 heterocycles. The highest BCUT2D eigenvalue weighted by Gasteiger charge is 2.47. The van der Waals surface area contributed by atoms with Gasteiger partial charge in [0, 0.05) is 5.56 Å². The van der Waals surface area contributed by atoms with Gasteiger partial charge in [0.2, 0.25) is 5.91 Å². The maximum atomic E-state index is 13.0. The van der Waals surface area contributed by atoms with E-state index in [0.717, 1.165) is 16.0 Å². The zero-order chi connectivity index (χ0) is 19.7. The predicted octanol–water partition coefficient (Wildman–Crippen LogP) is 4.78. The van der Waals surface area contributed by atoms with Gasteiger partial charge in [-0.2, -0.15) is 0 Å². The highest BCUT2D eigenvalue weighted by atomic mass is 16.6. The topological polar surface area (TPSA) is 55.8 Å². The minimum atomic E-state index is -0.854. The third kappa shape index (κ3) is 4.19.